The number of piperidine rings is 1. The van der Waals surface area contributed by atoms with Crippen LogP contribution in [0.5, 0.6) is 0 Å². The summed E-state index contributed by atoms with van der Waals surface area (Å²) >= 11 is 0. The number of esters is 1. The fraction of sp³-hybridized carbons (Fsp3) is 0.429. The first-order chi connectivity index (χ1) is 15.0. The van der Waals surface area contributed by atoms with Gasteiger partial charge in [-0.05, 0) is 37.1 Å². The number of carbonyl (C=O) groups is 2. The number of nitrogens with one attached hydrogen (secondary N) is 1. The Balaban J connectivity index is 1.68. The zero-order valence-corrected chi connectivity index (χ0v) is 17.6. The summed E-state index contributed by atoms with van der Waals surface area (Å²) in [6.07, 6.45) is 3.18. The van der Waals surface area contributed by atoms with Gasteiger partial charge in [0.15, 0.2) is 0 Å². The van der Waals surface area contributed by atoms with Crippen molar-refractivity contribution in [3.8, 4) is 0 Å². The van der Waals surface area contributed by atoms with Crippen LogP contribution < -0.4 is 5.32 Å². The molecule has 166 valence electrons. The predicted molar refractivity (Wildman–Crippen MR) is 113 cm³/mol. The van der Waals surface area contributed by atoms with E-state index < -0.39 is 10.9 Å². The highest BCUT2D eigenvalue weighted by Crippen LogP contribution is 2.29. The van der Waals surface area contributed by atoms with Crippen LogP contribution in [0.4, 0.5) is 11.4 Å². The molecule has 0 bridgehead atoms. The summed E-state index contributed by atoms with van der Waals surface area (Å²) in [5.74, 6) is -0.638. The molecule has 1 saturated heterocycles. The van der Waals surface area contributed by atoms with E-state index >= 15 is 0 Å². The maximum atomic E-state index is 12.9. The molecule has 1 fully saturated rings. The second kappa shape index (κ2) is 10.1. The second-order valence-corrected chi connectivity index (χ2v) is 7.22. The summed E-state index contributed by atoms with van der Waals surface area (Å²) in [4.78, 5) is 37.5. The van der Waals surface area contributed by atoms with Gasteiger partial charge >= 0.3 is 5.97 Å². The quantitative estimate of drug-likeness (QED) is 0.296. The van der Waals surface area contributed by atoms with Gasteiger partial charge in [0.25, 0.3) is 11.6 Å². The Bertz CT molecular complexity index is 949. The summed E-state index contributed by atoms with van der Waals surface area (Å²) in [6.45, 7) is 1.81. The number of nitrogens with zero attached hydrogens (tertiary/aromatic N) is 3. The van der Waals surface area contributed by atoms with Crippen molar-refractivity contribution in [2.45, 2.75) is 18.9 Å². The first-order valence-corrected chi connectivity index (χ1v) is 10.0. The van der Waals surface area contributed by atoms with E-state index in [0.717, 1.165) is 0 Å². The fourth-order valence-electron chi connectivity index (χ4n) is 3.77. The molecule has 31 heavy (non-hydrogen) atoms. The topological polar surface area (TPSA) is 116 Å². The van der Waals surface area contributed by atoms with Crippen molar-refractivity contribution >= 4 is 23.3 Å². The molecule has 1 aromatic heterocycles. The van der Waals surface area contributed by atoms with Crippen molar-refractivity contribution in [3.05, 3.63) is 57.9 Å². The number of nitro groups is 1. The third-order valence-electron chi connectivity index (χ3n) is 5.38. The van der Waals surface area contributed by atoms with E-state index in [1.54, 1.807) is 36.3 Å². The summed E-state index contributed by atoms with van der Waals surface area (Å²) in [5, 5.41) is 14.4. The Kier molecular flexibility index (Phi) is 7.24. The Labute approximate surface area is 179 Å². The van der Waals surface area contributed by atoms with Gasteiger partial charge in [-0.15, -0.1) is 0 Å². The molecule has 3 rings (SSSR count). The lowest BCUT2D eigenvalue weighted by molar-refractivity contribution is -0.384. The highest BCUT2D eigenvalue weighted by molar-refractivity contribution is 5.96. The molecule has 10 nitrogen and oxygen atoms in total. The number of ether oxygens (including phenoxy) is 2. The molecule has 1 amide bonds. The van der Waals surface area contributed by atoms with Crippen molar-refractivity contribution in [1.29, 1.82) is 0 Å². The third kappa shape index (κ3) is 5.02. The maximum absolute atomic E-state index is 12.9. The van der Waals surface area contributed by atoms with Crippen molar-refractivity contribution < 1.29 is 24.0 Å². The monoisotopic (exact) mass is 430 g/mol. The molecule has 1 aliphatic rings. The van der Waals surface area contributed by atoms with E-state index in [0.29, 0.717) is 50.5 Å². The first kappa shape index (κ1) is 22.3. The van der Waals surface area contributed by atoms with Gasteiger partial charge < -0.3 is 24.3 Å². The number of hydrogen-bond donors (Lipinski definition) is 1. The van der Waals surface area contributed by atoms with Crippen LogP contribution in [0, 0.1) is 10.1 Å². The molecule has 0 atom stereocenters. The van der Waals surface area contributed by atoms with E-state index in [2.05, 4.69) is 5.32 Å². The number of amides is 1. The Hall–Kier alpha value is -3.40. The minimum Gasteiger partial charge on any atom is -0.464 e. The largest absolute Gasteiger partial charge is 0.464 e. The lowest BCUT2D eigenvalue weighted by Gasteiger charge is -2.33. The Morgan fingerprint density at radius 3 is 2.61 bits per heavy atom. The zero-order chi connectivity index (χ0) is 22.4. The standard InChI is InChI=1S/C21H26N4O6/c1-30-13-9-22-17-6-5-15(14-19(17)25(28)29)20(26)23-11-7-16(8-12-23)24-10-3-4-18(24)21(27)31-2/h3-6,10,14,16,22H,7-9,11-13H2,1-2H3. The summed E-state index contributed by atoms with van der Waals surface area (Å²) in [5.41, 5.74) is 0.963. The Morgan fingerprint density at radius 2 is 1.97 bits per heavy atom. The molecule has 0 radical (unpaired) electrons. The number of benzene rings is 1. The van der Waals surface area contributed by atoms with E-state index in [1.807, 2.05) is 10.8 Å². The molecule has 0 aliphatic carbocycles. The van der Waals surface area contributed by atoms with Crippen LogP contribution in [0.25, 0.3) is 0 Å². The van der Waals surface area contributed by atoms with Gasteiger partial charge in [-0.25, -0.2) is 4.79 Å². The SMILES string of the molecule is COCCNc1ccc(C(=O)N2CCC(n3cccc3C(=O)OC)CC2)cc1[N+](=O)[O-]. The van der Waals surface area contributed by atoms with E-state index in [-0.39, 0.29) is 23.2 Å². The number of methoxy groups -OCH3 is 2. The number of nitro benzene ring substituents is 1. The number of rotatable bonds is 8. The minimum atomic E-state index is -0.501. The highest BCUT2D eigenvalue weighted by atomic mass is 16.6. The van der Waals surface area contributed by atoms with Crippen LogP contribution in [0.2, 0.25) is 0 Å². The number of anilines is 1. The number of aromatic nitrogens is 1. The van der Waals surface area contributed by atoms with Crippen LogP contribution >= 0.6 is 0 Å². The molecule has 10 heteroatoms. The van der Waals surface area contributed by atoms with Gasteiger partial charge in [0, 0.05) is 50.6 Å². The lowest BCUT2D eigenvalue weighted by atomic mass is 10.0. The van der Waals surface area contributed by atoms with Crippen LogP contribution in [-0.2, 0) is 9.47 Å². The van der Waals surface area contributed by atoms with Crippen LogP contribution in [0.3, 0.4) is 0 Å². The van der Waals surface area contributed by atoms with Crippen LogP contribution in [0.1, 0.15) is 39.7 Å². The molecular formula is C21H26N4O6. The zero-order valence-electron chi connectivity index (χ0n) is 17.6. The van der Waals surface area contributed by atoms with E-state index in [1.165, 1.54) is 13.2 Å². The smallest absolute Gasteiger partial charge is 0.354 e. The Morgan fingerprint density at radius 1 is 1.23 bits per heavy atom. The molecule has 0 spiro atoms. The fourth-order valence-corrected chi connectivity index (χ4v) is 3.77. The summed E-state index contributed by atoms with van der Waals surface area (Å²) in [6, 6.07) is 8.05. The van der Waals surface area contributed by atoms with Crippen molar-refractivity contribution in [1.82, 2.24) is 9.47 Å². The number of hydrogen-bond acceptors (Lipinski definition) is 7. The van der Waals surface area contributed by atoms with E-state index in [9.17, 15) is 19.7 Å². The van der Waals surface area contributed by atoms with Gasteiger partial charge in [-0.1, -0.05) is 0 Å². The van der Waals surface area contributed by atoms with Crippen molar-refractivity contribution in [2.24, 2.45) is 0 Å². The molecule has 0 unspecified atom stereocenters. The van der Waals surface area contributed by atoms with Gasteiger partial charge in [0.1, 0.15) is 11.4 Å². The third-order valence-corrected chi connectivity index (χ3v) is 5.38. The van der Waals surface area contributed by atoms with Gasteiger partial charge in [0.2, 0.25) is 0 Å². The van der Waals surface area contributed by atoms with Crippen LogP contribution in [-0.4, -0.2) is 66.7 Å². The van der Waals surface area contributed by atoms with Crippen LogP contribution in [0.15, 0.2) is 36.5 Å². The molecule has 0 saturated carbocycles. The molecule has 1 N–H and O–H groups in total. The molecule has 1 aromatic carbocycles. The summed E-state index contributed by atoms with van der Waals surface area (Å²) in [7, 11) is 2.89. The predicted octanol–water partition coefficient (Wildman–Crippen LogP) is 2.72. The molecular weight excluding hydrogens is 404 g/mol. The maximum Gasteiger partial charge on any atom is 0.354 e. The second-order valence-electron chi connectivity index (χ2n) is 7.22. The number of carbonyl (C=O) groups excluding carboxylic acids is 2. The minimum absolute atomic E-state index is 0.0786. The molecule has 1 aliphatic heterocycles. The van der Waals surface area contributed by atoms with Crippen molar-refractivity contribution in [3.63, 3.8) is 0 Å². The first-order valence-electron chi connectivity index (χ1n) is 10.0. The highest BCUT2D eigenvalue weighted by Gasteiger charge is 2.28. The van der Waals surface area contributed by atoms with Gasteiger partial charge in [0.05, 0.1) is 18.6 Å². The lowest BCUT2D eigenvalue weighted by Crippen LogP contribution is -2.39. The average Bonchev–Trinajstić information content (AvgIpc) is 3.28. The van der Waals surface area contributed by atoms with Crippen molar-refractivity contribution in [2.75, 3.05) is 45.8 Å². The normalized spacial score (nSPS) is 14.3. The van der Waals surface area contributed by atoms with Gasteiger partial charge in [-0.3, -0.25) is 14.9 Å². The average molecular weight is 430 g/mol. The van der Waals surface area contributed by atoms with E-state index in [4.69, 9.17) is 9.47 Å². The molecule has 2 aromatic rings. The molecule has 2 heterocycles. The van der Waals surface area contributed by atoms with Gasteiger partial charge in [-0.2, -0.15) is 0 Å². The number of likely N-dealkylation sites (tertiary alicyclic amines) is 1. The summed E-state index contributed by atoms with van der Waals surface area (Å²) < 4.78 is 11.7.